The number of imidazole rings is 1. The summed E-state index contributed by atoms with van der Waals surface area (Å²) in [5.74, 6) is 0.204. The van der Waals surface area contributed by atoms with Crippen molar-refractivity contribution in [3.05, 3.63) is 12.7 Å². The van der Waals surface area contributed by atoms with Crippen molar-refractivity contribution in [3.8, 4) is 0 Å². The topological polar surface area (TPSA) is 152 Å². The molecule has 0 bridgehead atoms. The SMILES string of the molecule is Nc1ncnc2c1ncn2[C@H]1O[C@@H](/C=N/O)C(O)[C@H]1O. The van der Waals surface area contributed by atoms with Crippen LogP contribution in [0.4, 0.5) is 5.82 Å². The van der Waals surface area contributed by atoms with Gasteiger partial charge in [0.15, 0.2) is 17.7 Å². The first-order chi connectivity index (χ1) is 9.63. The molecule has 3 heterocycles. The summed E-state index contributed by atoms with van der Waals surface area (Å²) >= 11 is 0. The highest BCUT2D eigenvalue weighted by Gasteiger charge is 2.43. The number of nitrogen functional groups attached to an aromatic ring is 1. The number of aromatic nitrogens is 4. The molecule has 0 saturated carbocycles. The maximum atomic E-state index is 10.0. The molecule has 2 aromatic heterocycles. The van der Waals surface area contributed by atoms with Crippen molar-refractivity contribution in [1.82, 2.24) is 19.5 Å². The number of aliphatic hydroxyl groups is 2. The Morgan fingerprint density at radius 2 is 2.10 bits per heavy atom. The van der Waals surface area contributed by atoms with Gasteiger partial charge in [-0.25, -0.2) is 15.0 Å². The van der Waals surface area contributed by atoms with Crippen molar-refractivity contribution < 1.29 is 20.2 Å². The van der Waals surface area contributed by atoms with Crippen molar-refractivity contribution in [3.63, 3.8) is 0 Å². The number of anilines is 1. The summed E-state index contributed by atoms with van der Waals surface area (Å²) < 4.78 is 6.87. The number of nitrogens with two attached hydrogens (primary N) is 1. The lowest BCUT2D eigenvalue weighted by atomic mass is 10.1. The van der Waals surface area contributed by atoms with E-state index in [9.17, 15) is 10.2 Å². The van der Waals surface area contributed by atoms with Crippen LogP contribution >= 0.6 is 0 Å². The summed E-state index contributed by atoms with van der Waals surface area (Å²) in [6.45, 7) is 0. The van der Waals surface area contributed by atoms with Gasteiger partial charge in [-0.1, -0.05) is 5.16 Å². The molecule has 10 nitrogen and oxygen atoms in total. The number of aliphatic hydroxyl groups excluding tert-OH is 2. The van der Waals surface area contributed by atoms with Crippen molar-refractivity contribution in [2.75, 3.05) is 5.73 Å². The van der Waals surface area contributed by atoms with Crippen LogP contribution in [0.25, 0.3) is 11.2 Å². The van der Waals surface area contributed by atoms with Gasteiger partial charge in [0, 0.05) is 0 Å². The van der Waals surface area contributed by atoms with Crippen molar-refractivity contribution >= 4 is 23.2 Å². The third-order valence-corrected chi connectivity index (χ3v) is 3.15. The lowest BCUT2D eigenvalue weighted by Gasteiger charge is -2.16. The molecule has 2 aromatic rings. The van der Waals surface area contributed by atoms with Crippen LogP contribution in [0, 0.1) is 0 Å². The number of ether oxygens (including phenoxy) is 1. The van der Waals surface area contributed by atoms with E-state index in [-0.39, 0.29) is 5.82 Å². The second kappa shape index (κ2) is 4.67. The van der Waals surface area contributed by atoms with E-state index in [1.807, 2.05) is 0 Å². The Hall–Kier alpha value is -2.30. The van der Waals surface area contributed by atoms with Gasteiger partial charge in [-0.3, -0.25) is 4.57 Å². The van der Waals surface area contributed by atoms with Gasteiger partial charge in [0.25, 0.3) is 0 Å². The minimum absolute atomic E-state index is 0.204. The van der Waals surface area contributed by atoms with E-state index in [2.05, 4.69) is 20.1 Å². The Morgan fingerprint density at radius 1 is 1.30 bits per heavy atom. The summed E-state index contributed by atoms with van der Waals surface area (Å²) in [6, 6.07) is 0. The number of fused-ring (bicyclic) bond motifs is 1. The smallest absolute Gasteiger partial charge is 0.167 e. The molecule has 1 unspecified atom stereocenters. The second-order valence-corrected chi connectivity index (χ2v) is 4.32. The predicted octanol–water partition coefficient (Wildman–Crippen LogP) is -1.51. The maximum absolute atomic E-state index is 10.0. The van der Waals surface area contributed by atoms with Crippen LogP contribution in [0.5, 0.6) is 0 Å². The van der Waals surface area contributed by atoms with Crippen LogP contribution in [-0.2, 0) is 4.74 Å². The standard InChI is InChI=1S/C10H12N6O4/c11-8-5-9(13-2-12-8)16(3-14-5)10-7(18)6(17)4(20-10)1-15-19/h1-4,6-7,10,17-19H,(H2,11,12,13)/b15-1+/t4-,6?,7+,10-/m0/s1. The highest BCUT2D eigenvalue weighted by molar-refractivity contribution is 5.81. The molecule has 1 saturated heterocycles. The lowest BCUT2D eigenvalue weighted by molar-refractivity contribution is -0.0214. The Morgan fingerprint density at radius 3 is 2.85 bits per heavy atom. The zero-order valence-corrected chi connectivity index (χ0v) is 10.1. The van der Waals surface area contributed by atoms with Crippen LogP contribution in [0.15, 0.2) is 17.8 Å². The van der Waals surface area contributed by atoms with Gasteiger partial charge in [0.05, 0.1) is 12.5 Å². The van der Waals surface area contributed by atoms with Gasteiger partial charge in [0.2, 0.25) is 0 Å². The molecule has 10 heteroatoms. The maximum Gasteiger partial charge on any atom is 0.167 e. The average molecular weight is 280 g/mol. The average Bonchev–Trinajstić information content (AvgIpc) is 2.97. The highest BCUT2D eigenvalue weighted by atomic mass is 16.6. The summed E-state index contributed by atoms with van der Waals surface area (Å²) in [5, 5.41) is 31.1. The molecule has 0 spiro atoms. The normalized spacial score (nSPS) is 30.5. The molecule has 0 radical (unpaired) electrons. The van der Waals surface area contributed by atoms with Gasteiger partial charge in [-0.05, 0) is 0 Å². The number of hydrogen-bond donors (Lipinski definition) is 4. The largest absolute Gasteiger partial charge is 0.411 e. The van der Waals surface area contributed by atoms with E-state index in [4.69, 9.17) is 15.7 Å². The Balaban J connectivity index is 2.02. The van der Waals surface area contributed by atoms with Gasteiger partial charge in [0.1, 0.15) is 30.2 Å². The fourth-order valence-electron chi connectivity index (χ4n) is 2.16. The van der Waals surface area contributed by atoms with Gasteiger partial charge >= 0.3 is 0 Å². The van der Waals surface area contributed by atoms with Crippen LogP contribution in [0.2, 0.25) is 0 Å². The molecular weight excluding hydrogens is 268 g/mol. The zero-order valence-electron chi connectivity index (χ0n) is 10.1. The zero-order chi connectivity index (χ0) is 14.3. The van der Waals surface area contributed by atoms with E-state index in [0.717, 1.165) is 6.21 Å². The number of oxime groups is 1. The molecule has 4 atom stereocenters. The van der Waals surface area contributed by atoms with Crippen LogP contribution < -0.4 is 5.73 Å². The quantitative estimate of drug-likeness (QED) is 0.294. The number of rotatable bonds is 2. The molecule has 3 rings (SSSR count). The molecule has 1 aliphatic rings. The van der Waals surface area contributed by atoms with Crippen LogP contribution in [0.3, 0.4) is 0 Å². The van der Waals surface area contributed by atoms with Crippen LogP contribution in [0.1, 0.15) is 6.23 Å². The predicted molar refractivity (Wildman–Crippen MR) is 65.9 cm³/mol. The minimum Gasteiger partial charge on any atom is -0.411 e. The summed E-state index contributed by atoms with van der Waals surface area (Å²) in [7, 11) is 0. The van der Waals surface area contributed by atoms with Crippen molar-refractivity contribution in [2.24, 2.45) is 5.16 Å². The monoisotopic (exact) mass is 280 g/mol. The fraction of sp³-hybridized carbons (Fsp3) is 0.400. The first-order valence-electron chi connectivity index (χ1n) is 5.75. The summed E-state index contributed by atoms with van der Waals surface area (Å²) in [4.78, 5) is 11.9. The lowest BCUT2D eigenvalue weighted by Crippen LogP contribution is -2.32. The van der Waals surface area contributed by atoms with E-state index >= 15 is 0 Å². The third-order valence-electron chi connectivity index (χ3n) is 3.15. The summed E-state index contributed by atoms with van der Waals surface area (Å²) in [6.07, 6.45) is -0.672. The Kier molecular flexibility index (Phi) is 2.97. The second-order valence-electron chi connectivity index (χ2n) is 4.32. The number of nitrogens with zero attached hydrogens (tertiary/aromatic N) is 5. The first kappa shape index (κ1) is 12.7. The Labute approximate surface area is 112 Å². The molecule has 5 N–H and O–H groups in total. The van der Waals surface area contributed by atoms with Gasteiger partial charge < -0.3 is 25.9 Å². The van der Waals surface area contributed by atoms with Crippen molar-refractivity contribution in [2.45, 2.75) is 24.5 Å². The van der Waals surface area contributed by atoms with Crippen molar-refractivity contribution in [1.29, 1.82) is 0 Å². The third kappa shape index (κ3) is 1.78. The van der Waals surface area contributed by atoms with E-state index < -0.39 is 24.5 Å². The van der Waals surface area contributed by atoms with Crippen LogP contribution in [-0.4, -0.2) is 59.5 Å². The van der Waals surface area contributed by atoms with Gasteiger partial charge in [-0.2, -0.15) is 0 Å². The molecule has 1 fully saturated rings. The first-order valence-corrected chi connectivity index (χ1v) is 5.75. The highest BCUT2D eigenvalue weighted by Crippen LogP contribution is 2.31. The fourth-order valence-corrected chi connectivity index (χ4v) is 2.16. The molecule has 0 aliphatic carbocycles. The van der Waals surface area contributed by atoms with E-state index in [0.29, 0.717) is 11.2 Å². The number of hydrogen-bond acceptors (Lipinski definition) is 9. The van der Waals surface area contributed by atoms with E-state index in [1.54, 1.807) is 0 Å². The summed E-state index contributed by atoms with van der Waals surface area (Å²) in [5.41, 5.74) is 6.41. The molecule has 1 aliphatic heterocycles. The molecular formula is C10H12N6O4. The Bertz CT molecular complexity index is 658. The molecule has 106 valence electrons. The molecule has 0 aromatic carbocycles. The molecule has 0 amide bonds. The van der Waals surface area contributed by atoms with Gasteiger partial charge in [-0.15, -0.1) is 0 Å². The van der Waals surface area contributed by atoms with E-state index in [1.165, 1.54) is 17.2 Å². The minimum atomic E-state index is -1.23. The molecule has 20 heavy (non-hydrogen) atoms.